The fourth-order valence-electron chi connectivity index (χ4n) is 3.37. The van der Waals surface area contributed by atoms with Gasteiger partial charge in [-0.05, 0) is 50.5 Å². The second kappa shape index (κ2) is 6.63. The number of aromatic nitrogens is 2. The number of nitrogens with zero attached hydrogens (tertiary/aromatic N) is 3. The molecule has 0 atom stereocenters. The molecule has 1 aliphatic heterocycles. The summed E-state index contributed by atoms with van der Waals surface area (Å²) in [5, 5.41) is 0. The quantitative estimate of drug-likeness (QED) is 0.706. The molecule has 4 nitrogen and oxygen atoms in total. The van der Waals surface area contributed by atoms with E-state index in [-0.39, 0.29) is 5.91 Å². The van der Waals surface area contributed by atoms with E-state index in [2.05, 4.69) is 24.0 Å². The average Bonchev–Trinajstić information content (AvgIpc) is 2.67. The summed E-state index contributed by atoms with van der Waals surface area (Å²) in [5.41, 5.74) is 5.34. The van der Waals surface area contributed by atoms with Gasteiger partial charge >= 0.3 is 0 Å². The van der Waals surface area contributed by atoms with Crippen LogP contribution in [0.25, 0.3) is 22.3 Å². The van der Waals surface area contributed by atoms with E-state index in [9.17, 15) is 4.79 Å². The minimum Gasteiger partial charge on any atom is -0.339 e. The lowest BCUT2D eigenvalue weighted by atomic mass is 10.1. The Morgan fingerprint density at radius 2 is 1.84 bits per heavy atom. The van der Waals surface area contributed by atoms with E-state index < -0.39 is 0 Å². The summed E-state index contributed by atoms with van der Waals surface area (Å²) in [6, 6.07) is 13.8. The van der Waals surface area contributed by atoms with Gasteiger partial charge in [-0.3, -0.25) is 9.78 Å². The van der Waals surface area contributed by atoms with Crippen molar-refractivity contribution in [2.75, 3.05) is 13.1 Å². The maximum Gasteiger partial charge on any atom is 0.253 e. The Labute approximate surface area is 147 Å². The standard InChI is InChI=1S/C21H21N3O/c1-15-6-5-7-16(12-15)20-14-22-18-9-8-17(13-19(18)23-20)21(25)24-10-3-2-4-11-24/h5-9,12-14H,2-4,10-11H2,1H3. The Bertz CT molecular complexity index is 929. The Morgan fingerprint density at radius 1 is 1.00 bits per heavy atom. The normalized spacial score (nSPS) is 14.7. The summed E-state index contributed by atoms with van der Waals surface area (Å²) in [7, 11) is 0. The van der Waals surface area contributed by atoms with Crippen molar-refractivity contribution in [1.29, 1.82) is 0 Å². The Hall–Kier alpha value is -2.75. The van der Waals surface area contributed by atoms with E-state index in [0.717, 1.165) is 48.2 Å². The van der Waals surface area contributed by atoms with Crippen molar-refractivity contribution in [2.45, 2.75) is 26.2 Å². The van der Waals surface area contributed by atoms with E-state index in [1.807, 2.05) is 35.2 Å². The number of carbonyl (C=O) groups excluding carboxylic acids is 1. The van der Waals surface area contributed by atoms with Gasteiger partial charge < -0.3 is 4.90 Å². The Kier molecular flexibility index (Phi) is 4.18. The fourth-order valence-corrected chi connectivity index (χ4v) is 3.37. The predicted molar refractivity (Wildman–Crippen MR) is 99.5 cm³/mol. The number of hydrogen-bond donors (Lipinski definition) is 0. The molecule has 1 fully saturated rings. The molecule has 2 aromatic carbocycles. The lowest BCUT2D eigenvalue weighted by molar-refractivity contribution is 0.0724. The third-order valence-electron chi connectivity index (χ3n) is 4.75. The summed E-state index contributed by atoms with van der Waals surface area (Å²) >= 11 is 0. The van der Waals surface area contributed by atoms with Crippen LogP contribution in [0.1, 0.15) is 35.2 Å². The van der Waals surface area contributed by atoms with Crippen LogP contribution in [0.15, 0.2) is 48.7 Å². The Balaban J connectivity index is 1.70. The maximum atomic E-state index is 12.7. The zero-order valence-corrected chi connectivity index (χ0v) is 14.4. The average molecular weight is 331 g/mol. The number of aryl methyl sites for hydroxylation is 1. The molecule has 1 saturated heterocycles. The summed E-state index contributed by atoms with van der Waals surface area (Å²) in [6.45, 7) is 3.77. The third kappa shape index (κ3) is 3.25. The van der Waals surface area contributed by atoms with Crippen LogP contribution in [-0.4, -0.2) is 33.9 Å². The molecule has 1 aromatic heterocycles. The molecule has 4 heteroatoms. The number of rotatable bonds is 2. The van der Waals surface area contributed by atoms with Crippen LogP contribution in [0.5, 0.6) is 0 Å². The number of benzene rings is 2. The molecule has 0 unspecified atom stereocenters. The van der Waals surface area contributed by atoms with Crippen molar-refractivity contribution < 1.29 is 4.79 Å². The number of carbonyl (C=O) groups is 1. The zero-order chi connectivity index (χ0) is 17.2. The number of piperidine rings is 1. The lowest BCUT2D eigenvalue weighted by Gasteiger charge is -2.26. The summed E-state index contributed by atoms with van der Waals surface area (Å²) in [5.74, 6) is 0.101. The van der Waals surface area contributed by atoms with Crippen molar-refractivity contribution in [3.8, 4) is 11.3 Å². The minimum absolute atomic E-state index is 0.101. The van der Waals surface area contributed by atoms with E-state index in [1.165, 1.54) is 12.0 Å². The number of fused-ring (bicyclic) bond motifs is 1. The maximum absolute atomic E-state index is 12.7. The van der Waals surface area contributed by atoms with Crippen molar-refractivity contribution in [3.05, 3.63) is 59.8 Å². The van der Waals surface area contributed by atoms with Crippen LogP contribution < -0.4 is 0 Å². The van der Waals surface area contributed by atoms with Gasteiger partial charge in [-0.25, -0.2) is 4.98 Å². The molecule has 4 rings (SSSR count). The highest BCUT2D eigenvalue weighted by atomic mass is 16.2. The first-order valence-corrected chi connectivity index (χ1v) is 8.84. The van der Waals surface area contributed by atoms with Crippen LogP contribution in [0, 0.1) is 6.92 Å². The molecule has 126 valence electrons. The third-order valence-corrected chi connectivity index (χ3v) is 4.75. The molecular weight excluding hydrogens is 310 g/mol. The molecule has 0 saturated carbocycles. The zero-order valence-electron chi connectivity index (χ0n) is 14.4. The smallest absolute Gasteiger partial charge is 0.253 e. The van der Waals surface area contributed by atoms with E-state index in [0.29, 0.717) is 5.56 Å². The molecule has 1 aliphatic rings. The molecular formula is C21H21N3O. The Morgan fingerprint density at radius 3 is 2.64 bits per heavy atom. The first kappa shape index (κ1) is 15.8. The molecule has 1 amide bonds. The number of amides is 1. The van der Waals surface area contributed by atoms with Crippen molar-refractivity contribution in [1.82, 2.24) is 14.9 Å². The summed E-state index contributed by atoms with van der Waals surface area (Å²) < 4.78 is 0. The van der Waals surface area contributed by atoms with Gasteiger partial charge in [0.05, 0.1) is 22.9 Å². The van der Waals surface area contributed by atoms with E-state index in [1.54, 1.807) is 6.20 Å². The predicted octanol–water partition coefficient (Wildman–Crippen LogP) is 4.23. The topological polar surface area (TPSA) is 46.1 Å². The highest BCUT2D eigenvalue weighted by Gasteiger charge is 2.18. The van der Waals surface area contributed by atoms with Gasteiger partial charge in [-0.15, -0.1) is 0 Å². The van der Waals surface area contributed by atoms with Crippen molar-refractivity contribution >= 4 is 16.9 Å². The second-order valence-corrected chi connectivity index (χ2v) is 6.68. The van der Waals surface area contributed by atoms with Crippen LogP contribution >= 0.6 is 0 Å². The minimum atomic E-state index is 0.101. The second-order valence-electron chi connectivity index (χ2n) is 6.68. The summed E-state index contributed by atoms with van der Waals surface area (Å²) in [6.07, 6.45) is 5.20. The molecule has 3 aromatic rings. The van der Waals surface area contributed by atoms with E-state index >= 15 is 0 Å². The molecule has 0 aliphatic carbocycles. The first-order valence-electron chi connectivity index (χ1n) is 8.84. The number of likely N-dealkylation sites (tertiary alicyclic amines) is 1. The number of hydrogen-bond acceptors (Lipinski definition) is 3. The SMILES string of the molecule is Cc1cccc(-c2cnc3ccc(C(=O)N4CCCCC4)cc3n2)c1. The molecule has 0 radical (unpaired) electrons. The van der Waals surface area contributed by atoms with Gasteiger partial charge in [0, 0.05) is 24.2 Å². The largest absolute Gasteiger partial charge is 0.339 e. The lowest BCUT2D eigenvalue weighted by Crippen LogP contribution is -2.35. The van der Waals surface area contributed by atoms with Crippen LogP contribution in [0.2, 0.25) is 0 Å². The highest BCUT2D eigenvalue weighted by Crippen LogP contribution is 2.22. The van der Waals surface area contributed by atoms with Gasteiger partial charge in [0.2, 0.25) is 0 Å². The van der Waals surface area contributed by atoms with E-state index in [4.69, 9.17) is 4.98 Å². The monoisotopic (exact) mass is 331 g/mol. The van der Waals surface area contributed by atoms with Crippen molar-refractivity contribution in [3.63, 3.8) is 0 Å². The van der Waals surface area contributed by atoms with Gasteiger partial charge in [-0.1, -0.05) is 23.8 Å². The van der Waals surface area contributed by atoms with Crippen LogP contribution in [0.4, 0.5) is 0 Å². The molecule has 0 bridgehead atoms. The molecule has 0 spiro atoms. The van der Waals surface area contributed by atoms with Gasteiger partial charge in [0.25, 0.3) is 5.91 Å². The highest BCUT2D eigenvalue weighted by molar-refractivity contribution is 5.97. The van der Waals surface area contributed by atoms with Gasteiger partial charge in [0.1, 0.15) is 0 Å². The summed E-state index contributed by atoms with van der Waals surface area (Å²) in [4.78, 5) is 23.9. The van der Waals surface area contributed by atoms with Gasteiger partial charge in [0.15, 0.2) is 0 Å². The van der Waals surface area contributed by atoms with Crippen molar-refractivity contribution in [2.24, 2.45) is 0 Å². The first-order chi connectivity index (χ1) is 12.2. The molecule has 0 N–H and O–H groups in total. The van der Waals surface area contributed by atoms with Gasteiger partial charge in [-0.2, -0.15) is 0 Å². The van der Waals surface area contributed by atoms with Crippen LogP contribution in [0.3, 0.4) is 0 Å². The van der Waals surface area contributed by atoms with Crippen LogP contribution in [-0.2, 0) is 0 Å². The molecule has 25 heavy (non-hydrogen) atoms. The molecule has 2 heterocycles. The fraction of sp³-hybridized carbons (Fsp3) is 0.286.